The van der Waals surface area contributed by atoms with Crippen LogP contribution in [0.2, 0.25) is 0 Å². The molecule has 1 atom stereocenters. The average Bonchev–Trinajstić information content (AvgIpc) is 2.24. The summed E-state index contributed by atoms with van der Waals surface area (Å²) in [7, 11) is 0. The van der Waals surface area contributed by atoms with Gasteiger partial charge in [0.2, 0.25) is 0 Å². The zero-order chi connectivity index (χ0) is 12.3. The Morgan fingerprint density at radius 3 is 2.38 bits per heavy atom. The summed E-state index contributed by atoms with van der Waals surface area (Å²) in [6, 6.07) is 2.60. The summed E-state index contributed by atoms with van der Waals surface area (Å²) in [5.74, 6) is -0.216. The van der Waals surface area contributed by atoms with Gasteiger partial charge in [0.05, 0.1) is 6.61 Å². The second-order valence-corrected chi connectivity index (χ2v) is 3.73. The Morgan fingerprint density at radius 2 is 1.94 bits per heavy atom. The van der Waals surface area contributed by atoms with E-state index in [1.54, 1.807) is 32.9 Å². The third kappa shape index (κ3) is 2.52. The Hall–Kier alpha value is -1.55. The molecule has 1 rings (SSSR count). The van der Waals surface area contributed by atoms with Crippen molar-refractivity contribution >= 4 is 5.97 Å². The maximum atomic E-state index is 11.4. The molecular weight excluding hydrogens is 206 g/mol. The highest BCUT2D eigenvalue weighted by molar-refractivity contribution is 5.77. The number of carbonyl (C=O) groups excluding carboxylic acids is 1. The minimum Gasteiger partial charge on any atom is -0.507 e. The van der Waals surface area contributed by atoms with E-state index >= 15 is 0 Å². The fourth-order valence-electron chi connectivity index (χ4n) is 1.54. The molecule has 0 aliphatic carbocycles. The first kappa shape index (κ1) is 12.5. The maximum absolute atomic E-state index is 11.4. The van der Waals surface area contributed by atoms with Crippen LogP contribution in [0.15, 0.2) is 12.1 Å². The molecule has 3 N–H and O–H groups in total. The van der Waals surface area contributed by atoms with Gasteiger partial charge in [0.1, 0.15) is 11.8 Å². The van der Waals surface area contributed by atoms with Gasteiger partial charge in [-0.2, -0.15) is 0 Å². The fraction of sp³-hybridized carbons (Fsp3) is 0.417. The van der Waals surface area contributed by atoms with Crippen molar-refractivity contribution < 1.29 is 14.6 Å². The number of aryl methyl sites for hydroxylation is 2. The lowest BCUT2D eigenvalue weighted by Crippen LogP contribution is -2.23. The monoisotopic (exact) mass is 223 g/mol. The first-order valence-electron chi connectivity index (χ1n) is 5.19. The van der Waals surface area contributed by atoms with Crippen molar-refractivity contribution in [2.24, 2.45) is 5.73 Å². The molecule has 0 saturated heterocycles. The van der Waals surface area contributed by atoms with Gasteiger partial charge in [-0.15, -0.1) is 0 Å². The predicted octanol–water partition coefficient (Wildman–Crippen LogP) is 1.57. The molecule has 1 aromatic carbocycles. The van der Waals surface area contributed by atoms with Gasteiger partial charge in [-0.05, 0) is 37.5 Å². The predicted molar refractivity (Wildman–Crippen MR) is 61.1 cm³/mol. The van der Waals surface area contributed by atoms with Gasteiger partial charge in [-0.1, -0.05) is 12.1 Å². The molecule has 4 heteroatoms. The van der Waals surface area contributed by atoms with Crippen molar-refractivity contribution in [3.05, 3.63) is 28.8 Å². The lowest BCUT2D eigenvalue weighted by molar-refractivity contribution is -0.144. The van der Waals surface area contributed by atoms with Gasteiger partial charge >= 0.3 is 5.97 Å². The van der Waals surface area contributed by atoms with E-state index in [9.17, 15) is 9.90 Å². The summed E-state index contributed by atoms with van der Waals surface area (Å²) in [6.07, 6.45) is 0. The number of hydrogen-bond acceptors (Lipinski definition) is 4. The number of hydrogen-bond donors (Lipinski definition) is 2. The molecule has 0 saturated carbocycles. The van der Waals surface area contributed by atoms with Crippen LogP contribution in [0.1, 0.15) is 29.7 Å². The van der Waals surface area contributed by atoms with E-state index in [4.69, 9.17) is 10.5 Å². The molecule has 4 nitrogen and oxygen atoms in total. The lowest BCUT2D eigenvalue weighted by Gasteiger charge is -2.13. The minimum absolute atomic E-state index is 0.236. The Kier molecular flexibility index (Phi) is 3.90. The summed E-state index contributed by atoms with van der Waals surface area (Å²) in [6.45, 7) is 5.58. The van der Waals surface area contributed by atoms with Crippen LogP contribution in [0.4, 0.5) is 0 Å². The molecule has 0 aliphatic heterocycles. The number of ether oxygens (including phenoxy) is 1. The van der Waals surface area contributed by atoms with Gasteiger partial charge in [-0.25, -0.2) is 4.79 Å². The highest BCUT2D eigenvalue weighted by Gasteiger charge is 2.18. The summed E-state index contributed by atoms with van der Waals surface area (Å²) in [4.78, 5) is 11.4. The summed E-state index contributed by atoms with van der Waals surface area (Å²) < 4.78 is 4.84. The third-order valence-electron chi connectivity index (χ3n) is 2.41. The van der Waals surface area contributed by atoms with Crippen molar-refractivity contribution in [3.8, 4) is 5.75 Å². The van der Waals surface area contributed by atoms with Crippen LogP contribution in [0.5, 0.6) is 5.75 Å². The van der Waals surface area contributed by atoms with E-state index in [0.717, 1.165) is 0 Å². The minimum atomic E-state index is -0.794. The Morgan fingerprint density at radius 1 is 1.44 bits per heavy atom. The van der Waals surface area contributed by atoms with Crippen LogP contribution < -0.4 is 5.73 Å². The van der Waals surface area contributed by atoms with Crippen LogP contribution in [0.3, 0.4) is 0 Å². The number of esters is 1. The molecule has 16 heavy (non-hydrogen) atoms. The zero-order valence-electron chi connectivity index (χ0n) is 9.78. The molecule has 0 spiro atoms. The van der Waals surface area contributed by atoms with E-state index in [-0.39, 0.29) is 5.75 Å². The smallest absolute Gasteiger partial charge is 0.327 e. The molecule has 0 bridgehead atoms. The Bertz CT molecular complexity index is 378. The van der Waals surface area contributed by atoms with Crippen molar-refractivity contribution in [1.29, 1.82) is 0 Å². The van der Waals surface area contributed by atoms with Gasteiger partial charge in [0, 0.05) is 0 Å². The number of aromatic hydroxyl groups is 1. The van der Waals surface area contributed by atoms with Crippen molar-refractivity contribution in [3.63, 3.8) is 0 Å². The number of nitrogens with two attached hydrogens (primary N) is 1. The van der Waals surface area contributed by atoms with Crippen molar-refractivity contribution in [2.75, 3.05) is 6.61 Å². The first-order chi connectivity index (χ1) is 7.47. The quantitative estimate of drug-likeness (QED) is 0.763. The van der Waals surface area contributed by atoms with E-state index < -0.39 is 12.0 Å². The summed E-state index contributed by atoms with van der Waals surface area (Å²) in [5, 5.41) is 9.60. The Balaban J connectivity index is 3.01. The zero-order valence-corrected chi connectivity index (χ0v) is 9.78. The number of benzene rings is 1. The first-order valence-corrected chi connectivity index (χ1v) is 5.19. The van der Waals surface area contributed by atoms with E-state index in [0.29, 0.717) is 23.3 Å². The van der Waals surface area contributed by atoms with Crippen LogP contribution in [0.25, 0.3) is 0 Å². The maximum Gasteiger partial charge on any atom is 0.327 e. The van der Waals surface area contributed by atoms with Crippen LogP contribution >= 0.6 is 0 Å². The summed E-state index contributed by atoms with van der Waals surface area (Å²) in [5.41, 5.74) is 7.82. The number of phenols is 1. The summed E-state index contributed by atoms with van der Waals surface area (Å²) >= 11 is 0. The lowest BCUT2D eigenvalue weighted by atomic mass is 10.0. The number of rotatable bonds is 3. The number of carbonyl (C=O) groups is 1. The molecule has 0 amide bonds. The van der Waals surface area contributed by atoms with Crippen molar-refractivity contribution in [2.45, 2.75) is 26.8 Å². The molecule has 0 aromatic heterocycles. The molecule has 0 fully saturated rings. The molecule has 0 radical (unpaired) electrons. The molecule has 0 unspecified atom stereocenters. The largest absolute Gasteiger partial charge is 0.507 e. The average molecular weight is 223 g/mol. The standard InChI is InChI=1S/C12H17NO3/c1-4-16-12(15)10(13)9-5-7(2)11(14)8(3)6-9/h5-6,10,14H,4,13H2,1-3H3/t10-/m1/s1. The highest BCUT2D eigenvalue weighted by Crippen LogP contribution is 2.25. The fourth-order valence-corrected chi connectivity index (χ4v) is 1.54. The normalized spacial score (nSPS) is 12.2. The molecule has 1 aromatic rings. The van der Waals surface area contributed by atoms with Crippen molar-refractivity contribution in [1.82, 2.24) is 0 Å². The molecule has 88 valence electrons. The second kappa shape index (κ2) is 4.99. The van der Waals surface area contributed by atoms with Crippen LogP contribution in [0, 0.1) is 13.8 Å². The van der Waals surface area contributed by atoms with Crippen LogP contribution in [-0.4, -0.2) is 17.7 Å². The van der Waals surface area contributed by atoms with Gasteiger partial charge in [0.25, 0.3) is 0 Å². The number of phenolic OH excluding ortho intramolecular Hbond substituents is 1. The van der Waals surface area contributed by atoms with E-state index in [2.05, 4.69) is 0 Å². The van der Waals surface area contributed by atoms with E-state index in [1.807, 2.05) is 0 Å². The van der Waals surface area contributed by atoms with Gasteiger partial charge < -0.3 is 15.6 Å². The van der Waals surface area contributed by atoms with Crippen LogP contribution in [-0.2, 0) is 9.53 Å². The Labute approximate surface area is 95.0 Å². The van der Waals surface area contributed by atoms with Gasteiger partial charge in [-0.3, -0.25) is 0 Å². The molecule has 0 aliphatic rings. The third-order valence-corrected chi connectivity index (χ3v) is 2.41. The highest BCUT2D eigenvalue weighted by atomic mass is 16.5. The SMILES string of the molecule is CCOC(=O)[C@H](N)c1cc(C)c(O)c(C)c1. The second-order valence-electron chi connectivity index (χ2n) is 3.73. The van der Waals surface area contributed by atoms with Gasteiger partial charge in [0.15, 0.2) is 0 Å². The molecular formula is C12H17NO3. The molecule has 0 heterocycles. The van der Waals surface area contributed by atoms with E-state index in [1.165, 1.54) is 0 Å². The topological polar surface area (TPSA) is 72.5 Å².